The smallest absolute Gasteiger partial charge is 0.418 e. The van der Waals surface area contributed by atoms with Crippen LogP contribution < -0.4 is 11.1 Å². The molecule has 1 atom stereocenters. The first-order chi connectivity index (χ1) is 11.7. The van der Waals surface area contributed by atoms with E-state index in [-0.39, 0.29) is 23.2 Å². The number of halogens is 3. The highest BCUT2D eigenvalue weighted by molar-refractivity contribution is 5.81. The summed E-state index contributed by atoms with van der Waals surface area (Å²) in [5.74, 6) is -0.807. The number of nitrogens with two attached hydrogens (primary N) is 1. The van der Waals surface area contributed by atoms with Crippen molar-refractivity contribution in [1.82, 2.24) is 5.32 Å². The molecule has 3 N–H and O–H groups in total. The molecule has 0 radical (unpaired) electrons. The normalized spacial score (nSPS) is 13.1. The molecule has 0 spiro atoms. The molecule has 0 fully saturated rings. The number of carbonyl (C=O) groups excluding carboxylic acids is 2. The molecule has 9 heteroatoms. The maximum absolute atomic E-state index is 13.1. The predicted octanol–water partition coefficient (Wildman–Crippen LogP) is 3.20. The number of nitrogen functional groups attached to an aromatic ring is 1. The molecule has 0 heterocycles. The summed E-state index contributed by atoms with van der Waals surface area (Å²) in [5.41, 5.74) is 3.73. The third kappa shape index (κ3) is 6.12. The lowest BCUT2D eigenvalue weighted by molar-refractivity contribution is -0.143. The number of hydrogen-bond donors (Lipinski definition) is 2. The number of aryl methyl sites for hydroxylation is 1. The van der Waals surface area contributed by atoms with Gasteiger partial charge in [-0.3, -0.25) is 0 Å². The van der Waals surface area contributed by atoms with Gasteiger partial charge in [0.15, 0.2) is 0 Å². The van der Waals surface area contributed by atoms with Crippen LogP contribution >= 0.6 is 0 Å². The minimum Gasteiger partial charge on any atom is -0.467 e. The molecule has 1 aromatic rings. The molecule has 146 valence electrons. The van der Waals surface area contributed by atoms with Crippen LogP contribution in [0.3, 0.4) is 0 Å². The first kappa shape index (κ1) is 21.6. The minimum absolute atomic E-state index is 0.176. The number of anilines is 1. The van der Waals surface area contributed by atoms with Crippen LogP contribution in [-0.4, -0.2) is 30.8 Å². The number of carbonyl (C=O) groups is 2. The summed E-state index contributed by atoms with van der Waals surface area (Å²) < 4.78 is 49.0. The van der Waals surface area contributed by atoms with Gasteiger partial charge in [-0.05, 0) is 44.9 Å². The van der Waals surface area contributed by atoms with Crippen molar-refractivity contribution in [2.45, 2.75) is 51.9 Å². The topological polar surface area (TPSA) is 90.6 Å². The Bertz CT molecular complexity index is 682. The van der Waals surface area contributed by atoms with Gasteiger partial charge in [0.1, 0.15) is 11.6 Å². The molecule has 0 unspecified atom stereocenters. The molecule has 0 saturated heterocycles. The van der Waals surface area contributed by atoms with Gasteiger partial charge < -0.3 is 20.5 Å². The zero-order valence-corrected chi connectivity index (χ0v) is 15.3. The van der Waals surface area contributed by atoms with E-state index in [1.54, 1.807) is 20.8 Å². The monoisotopic (exact) mass is 376 g/mol. The van der Waals surface area contributed by atoms with Crippen LogP contribution in [-0.2, 0) is 26.9 Å². The van der Waals surface area contributed by atoms with Crippen LogP contribution in [0.2, 0.25) is 0 Å². The summed E-state index contributed by atoms with van der Waals surface area (Å²) in [4.78, 5) is 23.8. The van der Waals surface area contributed by atoms with E-state index in [9.17, 15) is 22.8 Å². The summed E-state index contributed by atoms with van der Waals surface area (Å²) in [6, 6.07) is 1.07. The van der Waals surface area contributed by atoms with Gasteiger partial charge in [0.05, 0.1) is 12.7 Å². The third-order valence-electron chi connectivity index (χ3n) is 3.37. The van der Waals surface area contributed by atoms with Crippen molar-refractivity contribution in [1.29, 1.82) is 0 Å². The zero-order chi connectivity index (χ0) is 20.3. The highest BCUT2D eigenvalue weighted by Crippen LogP contribution is 2.36. The quantitative estimate of drug-likeness (QED) is 0.622. The molecule has 1 amide bonds. The predicted molar refractivity (Wildman–Crippen MR) is 89.5 cm³/mol. The Labute approximate surface area is 149 Å². The van der Waals surface area contributed by atoms with Crippen LogP contribution in [0, 0.1) is 6.92 Å². The van der Waals surface area contributed by atoms with E-state index in [4.69, 9.17) is 10.5 Å². The van der Waals surface area contributed by atoms with Crippen LogP contribution in [0.5, 0.6) is 0 Å². The van der Waals surface area contributed by atoms with E-state index < -0.39 is 35.4 Å². The van der Waals surface area contributed by atoms with Crippen molar-refractivity contribution >= 4 is 17.7 Å². The van der Waals surface area contributed by atoms with Crippen LogP contribution in [0.15, 0.2) is 12.1 Å². The Morgan fingerprint density at radius 3 is 2.27 bits per heavy atom. The fourth-order valence-corrected chi connectivity index (χ4v) is 2.25. The average molecular weight is 376 g/mol. The largest absolute Gasteiger partial charge is 0.467 e. The Balaban J connectivity index is 3.11. The molecule has 0 saturated carbocycles. The van der Waals surface area contributed by atoms with Gasteiger partial charge in [-0.15, -0.1) is 0 Å². The number of rotatable bonds is 4. The lowest BCUT2D eigenvalue weighted by Gasteiger charge is -2.23. The van der Waals surface area contributed by atoms with Crippen molar-refractivity contribution < 1.29 is 32.2 Å². The average Bonchev–Trinajstić information content (AvgIpc) is 2.46. The zero-order valence-electron chi connectivity index (χ0n) is 15.3. The number of ether oxygens (including phenoxy) is 2. The number of alkyl carbamates (subject to hydrolysis) is 1. The number of benzene rings is 1. The first-order valence-electron chi connectivity index (χ1n) is 7.78. The first-order valence-corrected chi connectivity index (χ1v) is 7.78. The van der Waals surface area contributed by atoms with Gasteiger partial charge in [0, 0.05) is 12.1 Å². The van der Waals surface area contributed by atoms with E-state index in [1.807, 2.05) is 0 Å². The molecule has 0 aliphatic carbocycles. The standard InChI is InChI=1S/C17H23F3N2O4/c1-9-6-10(7-11(13(9)21)17(18,19)20)8-12(14(23)25-5)22-15(24)26-16(2,3)4/h6-7,12H,8,21H2,1-5H3,(H,22,24)/t12-/m1/s1. The van der Waals surface area contributed by atoms with Crippen molar-refractivity contribution in [3.8, 4) is 0 Å². The second-order valence-electron chi connectivity index (χ2n) is 6.80. The molecule has 1 rings (SSSR count). The van der Waals surface area contributed by atoms with E-state index in [1.165, 1.54) is 13.0 Å². The summed E-state index contributed by atoms with van der Waals surface area (Å²) >= 11 is 0. The van der Waals surface area contributed by atoms with Gasteiger partial charge in [-0.1, -0.05) is 6.07 Å². The fourth-order valence-electron chi connectivity index (χ4n) is 2.25. The number of esters is 1. The number of hydrogen-bond acceptors (Lipinski definition) is 5. The summed E-state index contributed by atoms with van der Waals surface area (Å²) in [6.45, 7) is 6.35. The van der Waals surface area contributed by atoms with E-state index >= 15 is 0 Å². The highest BCUT2D eigenvalue weighted by atomic mass is 19.4. The maximum Gasteiger partial charge on any atom is 0.418 e. The van der Waals surface area contributed by atoms with Crippen LogP contribution in [0.4, 0.5) is 23.7 Å². The number of alkyl halides is 3. The Morgan fingerprint density at radius 2 is 1.81 bits per heavy atom. The van der Waals surface area contributed by atoms with Gasteiger partial charge in [-0.2, -0.15) is 13.2 Å². The second kappa shape index (κ2) is 7.84. The molecular weight excluding hydrogens is 353 g/mol. The summed E-state index contributed by atoms with van der Waals surface area (Å²) in [6.07, 6.45) is -5.73. The van der Waals surface area contributed by atoms with E-state index in [0.717, 1.165) is 13.2 Å². The Hall–Kier alpha value is -2.45. The number of amides is 1. The van der Waals surface area contributed by atoms with Gasteiger partial charge in [0.25, 0.3) is 0 Å². The molecule has 6 nitrogen and oxygen atoms in total. The minimum atomic E-state index is -4.63. The fraction of sp³-hybridized carbons (Fsp3) is 0.529. The maximum atomic E-state index is 13.1. The highest BCUT2D eigenvalue weighted by Gasteiger charge is 2.34. The number of nitrogens with one attached hydrogen (secondary N) is 1. The Kier molecular flexibility index (Phi) is 6.51. The summed E-state index contributed by atoms with van der Waals surface area (Å²) in [7, 11) is 1.11. The third-order valence-corrected chi connectivity index (χ3v) is 3.37. The molecule has 0 aromatic heterocycles. The molecule has 26 heavy (non-hydrogen) atoms. The molecule has 1 aromatic carbocycles. The van der Waals surface area contributed by atoms with Gasteiger partial charge >= 0.3 is 18.2 Å². The van der Waals surface area contributed by atoms with Crippen LogP contribution in [0.1, 0.15) is 37.5 Å². The Morgan fingerprint density at radius 1 is 1.23 bits per heavy atom. The molecular formula is C17H23F3N2O4. The molecule has 0 bridgehead atoms. The van der Waals surface area contributed by atoms with E-state index in [2.05, 4.69) is 10.1 Å². The molecule has 0 aliphatic heterocycles. The van der Waals surface area contributed by atoms with Gasteiger partial charge in [-0.25, -0.2) is 9.59 Å². The second-order valence-corrected chi connectivity index (χ2v) is 6.80. The summed E-state index contributed by atoms with van der Waals surface area (Å²) in [5, 5.41) is 2.32. The van der Waals surface area contributed by atoms with Crippen molar-refractivity contribution in [3.05, 3.63) is 28.8 Å². The van der Waals surface area contributed by atoms with Crippen LogP contribution in [0.25, 0.3) is 0 Å². The SMILES string of the molecule is COC(=O)[C@@H](Cc1cc(C)c(N)c(C(F)(F)F)c1)NC(=O)OC(C)(C)C. The van der Waals surface area contributed by atoms with Crippen molar-refractivity contribution in [2.75, 3.05) is 12.8 Å². The van der Waals surface area contributed by atoms with E-state index in [0.29, 0.717) is 0 Å². The lowest BCUT2D eigenvalue weighted by Crippen LogP contribution is -2.45. The lowest BCUT2D eigenvalue weighted by atomic mass is 9.98. The van der Waals surface area contributed by atoms with Crippen molar-refractivity contribution in [3.63, 3.8) is 0 Å². The van der Waals surface area contributed by atoms with Crippen molar-refractivity contribution in [2.24, 2.45) is 0 Å². The number of methoxy groups -OCH3 is 1. The van der Waals surface area contributed by atoms with Gasteiger partial charge in [0.2, 0.25) is 0 Å². The molecule has 0 aliphatic rings.